The van der Waals surface area contributed by atoms with Gasteiger partial charge in [-0.15, -0.1) is 0 Å². The Bertz CT molecular complexity index is 350. The van der Waals surface area contributed by atoms with Crippen molar-refractivity contribution in [1.29, 1.82) is 0 Å². The number of nitrogens with zero attached hydrogens (tertiary/aromatic N) is 2. The lowest BCUT2D eigenvalue weighted by Crippen LogP contribution is -2.21. The van der Waals surface area contributed by atoms with Gasteiger partial charge in [0.15, 0.2) is 0 Å². The summed E-state index contributed by atoms with van der Waals surface area (Å²) < 4.78 is 2.18. The Morgan fingerprint density at radius 1 is 1.33 bits per heavy atom. The van der Waals surface area contributed by atoms with Gasteiger partial charge in [0.05, 0.1) is 11.7 Å². The maximum atomic E-state index is 4.77. The van der Waals surface area contributed by atoms with Crippen LogP contribution in [0.1, 0.15) is 56.7 Å². The van der Waals surface area contributed by atoms with Gasteiger partial charge in [0.2, 0.25) is 0 Å². The molecule has 0 saturated heterocycles. The summed E-state index contributed by atoms with van der Waals surface area (Å²) in [6.07, 6.45) is 6.64. The second-order valence-corrected chi connectivity index (χ2v) is 4.94. The molecule has 1 N–H and O–H groups in total. The van der Waals surface area contributed by atoms with Crippen LogP contribution in [-0.4, -0.2) is 16.3 Å². The number of fused-ring (bicyclic) bond motifs is 1. The van der Waals surface area contributed by atoms with Gasteiger partial charge in [-0.25, -0.2) is 4.68 Å². The van der Waals surface area contributed by atoms with Crippen molar-refractivity contribution in [2.75, 3.05) is 11.9 Å². The van der Waals surface area contributed by atoms with Gasteiger partial charge < -0.3 is 5.32 Å². The van der Waals surface area contributed by atoms with Crippen LogP contribution in [0.3, 0.4) is 0 Å². The smallest absolute Gasteiger partial charge is 0.124 e. The van der Waals surface area contributed by atoms with E-state index in [0.29, 0.717) is 6.04 Å². The molecule has 1 aliphatic carbocycles. The molecule has 15 heavy (non-hydrogen) atoms. The molecule has 3 rings (SSSR count). The molecule has 2 aliphatic rings. The maximum absolute atomic E-state index is 4.77. The quantitative estimate of drug-likeness (QED) is 0.764. The number of rotatable bonds is 1. The van der Waals surface area contributed by atoms with Crippen molar-refractivity contribution in [3.05, 3.63) is 11.8 Å². The molecule has 1 atom stereocenters. The summed E-state index contributed by atoms with van der Waals surface area (Å²) in [6.45, 7) is 3.35. The van der Waals surface area contributed by atoms with E-state index in [-0.39, 0.29) is 0 Å². The lowest BCUT2D eigenvalue weighted by Gasteiger charge is -2.21. The van der Waals surface area contributed by atoms with E-state index >= 15 is 0 Å². The predicted octanol–water partition coefficient (Wildman–Crippen LogP) is 2.92. The molecule has 1 aromatic heterocycles. The van der Waals surface area contributed by atoms with E-state index in [2.05, 4.69) is 23.0 Å². The van der Waals surface area contributed by atoms with Gasteiger partial charge in [-0.3, -0.25) is 0 Å². The summed E-state index contributed by atoms with van der Waals surface area (Å²) in [5.41, 5.74) is 1.32. The van der Waals surface area contributed by atoms with Crippen LogP contribution in [0, 0.1) is 0 Å². The summed E-state index contributed by atoms with van der Waals surface area (Å²) in [6, 6.07) is 2.84. The van der Waals surface area contributed by atoms with Gasteiger partial charge in [0.25, 0.3) is 0 Å². The molecule has 1 saturated carbocycles. The second-order valence-electron chi connectivity index (χ2n) is 4.94. The topological polar surface area (TPSA) is 29.9 Å². The van der Waals surface area contributed by atoms with E-state index in [0.717, 1.165) is 12.5 Å². The van der Waals surface area contributed by atoms with Crippen molar-refractivity contribution < 1.29 is 0 Å². The van der Waals surface area contributed by atoms with Gasteiger partial charge in [-0.2, -0.15) is 5.10 Å². The van der Waals surface area contributed by atoms with E-state index in [1.54, 1.807) is 0 Å². The van der Waals surface area contributed by atoms with E-state index in [1.165, 1.54) is 43.6 Å². The minimum absolute atomic E-state index is 0.566. The number of nitrogens with one attached hydrogen (secondary N) is 1. The molecular formula is C12H19N3. The van der Waals surface area contributed by atoms with Gasteiger partial charge in [0.1, 0.15) is 5.82 Å². The van der Waals surface area contributed by atoms with Crippen molar-refractivity contribution in [2.45, 2.75) is 51.0 Å². The minimum Gasteiger partial charge on any atom is -0.370 e. The van der Waals surface area contributed by atoms with Gasteiger partial charge in [-0.05, 0) is 26.2 Å². The SMILES string of the molecule is CC1CCNc2cc(C3CCCC3)nn21. The van der Waals surface area contributed by atoms with E-state index < -0.39 is 0 Å². The number of hydrogen-bond donors (Lipinski definition) is 1. The second kappa shape index (κ2) is 3.54. The predicted molar refractivity (Wildman–Crippen MR) is 61.3 cm³/mol. The van der Waals surface area contributed by atoms with Crippen molar-refractivity contribution in [1.82, 2.24) is 9.78 Å². The monoisotopic (exact) mass is 205 g/mol. The highest BCUT2D eigenvalue weighted by Gasteiger charge is 2.24. The van der Waals surface area contributed by atoms with Gasteiger partial charge >= 0.3 is 0 Å². The average Bonchev–Trinajstić information content (AvgIpc) is 2.86. The highest BCUT2D eigenvalue weighted by molar-refractivity contribution is 5.40. The Kier molecular flexibility index (Phi) is 2.19. The first kappa shape index (κ1) is 9.25. The molecule has 1 aromatic rings. The molecule has 0 spiro atoms. The fraction of sp³-hybridized carbons (Fsp3) is 0.750. The van der Waals surface area contributed by atoms with Crippen molar-refractivity contribution in [2.24, 2.45) is 0 Å². The molecule has 0 aromatic carbocycles. The molecule has 0 amide bonds. The van der Waals surface area contributed by atoms with Crippen LogP contribution < -0.4 is 5.32 Å². The van der Waals surface area contributed by atoms with E-state index in [4.69, 9.17) is 5.10 Å². The molecule has 0 bridgehead atoms. The van der Waals surface area contributed by atoms with Crippen LogP contribution >= 0.6 is 0 Å². The maximum Gasteiger partial charge on any atom is 0.124 e. The zero-order chi connectivity index (χ0) is 10.3. The van der Waals surface area contributed by atoms with Crippen LogP contribution in [0.15, 0.2) is 6.07 Å². The molecule has 1 aliphatic heterocycles. The van der Waals surface area contributed by atoms with Crippen LogP contribution in [0.25, 0.3) is 0 Å². The fourth-order valence-electron chi connectivity index (χ4n) is 2.83. The molecule has 1 unspecified atom stereocenters. The van der Waals surface area contributed by atoms with Crippen molar-refractivity contribution >= 4 is 5.82 Å². The normalized spacial score (nSPS) is 26.3. The summed E-state index contributed by atoms with van der Waals surface area (Å²) in [5, 5.41) is 8.21. The van der Waals surface area contributed by atoms with Crippen LogP contribution in [0.4, 0.5) is 5.82 Å². The summed E-state index contributed by atoms with van der Waals surface area (Å²) in [4.78, 5) is 0. The third kappa shape index (κ3) is 1.54. The Labute approximate surface area is 90.9 Å². The number of aromatic nitrogens is 2. The minimum atomic E-state index is 0.566. The third-order valence-corrected chi connectivity index (χ3v) is 3.81. The Morgan fingerprint density at radius 2 is 2.13 bits per heavy atom. The van der Waals surface area contributed by atoms with Gasteiger partial charge in [-0.1, -0.05) is 12.8 Å². The first-order valence-electron chi connectivity index (χ1n) is 6.18. The highest BCUT2D eigenvalue weighted by atomic mass is 15.4. The third-order valence-electron chi connectivity index (χ3n) is 3.81. The van der Waals surface area contributed by atoms with Gasteiger partial charge in [0, 0.05) is 18.5 Å². The molecule has 3 nitrogen and oxygen atoms in total. The molecule has 82 valence electrons. The Balaban J connectivity index is 1.90. The standard InChI is InChI=1S/C12H19N3/c1-9-6-7-13-12-8-11(14-15(9)12)10-4-2-3-5-10/h8-10,13H,2-7H2,1H3. The lowest BCUT2D eigenvalue weighted by atomic mass is 10.0. The first-order valence-corrected chi connectivity index (χ1v) is 6.18. The van der Waals surface area contributed by atoms with E-state index in [1.807, 2.05) is 0 Å². The molecule has 1 fully saturated rings. The van der Waals surface area contributed by atoms with Crippen LogP contribution in [0.2, 0.25) is 0 Å². The average molecular weight is 205 g/mol. The zero-order valence-electron chi connectivity index (χ0n) is 9.37. The fourth-order valence-corrected chi connectivity index (χ4v) is 2.83. The Hall–Kier alpha value is -0.990. The zero-order valence-corrected chi connectivity index (χ0v) is 9.37. The van der Waals surface area contributed by atoms with E-state index in [9.17, 15) is 0 Å². The molecule has 0 radical (unpaired) electrons. The van der Waals surface area contributed by atoms with Crippen molar-refractivity contribution in [3.8, 4) is 0 Å². The number of anilines is 1. The summed E-state index contributed by atoms with van der Waals surface area (Å²) in [5.74, 6) is 1.97. The Morgan fingerprint density at radius 3 is 2.87 bits per heavy atom. The number of hydrogen-bond acceptors (Lipinski definition) is 2. The first-order chi connectivity index (χ1) is 7.34. The molecule has 2 heterocycles. The molecule has 3 heteroatoms. The summed E-state index contributed by atoms with van der Waals surface area (Å²) >= 11 is 0. The van der Waals surface area contributed by atoms with Crippen molar-refractivity contribution in [3.63, 3.8) is 0 Å². The lowest BCUT2D eigenvalue weighted by molar-refractivity contribution is 0.446. The highest BCUT2D eigenvalue weighted by Crippen LogP contribution is 2.35. The molecular weight excluding hydrogens is 186 g/mol. The largest absolute Gasteiger partial charge is 0.370 e. The van der Waals surface area contributed by atoms with Crippen LogP contribution in [0.5, 0.6) is 0 Å². The van der Waals surface area contributed by atoms with Crippen LogP contribution in [-0.2, 0) is 0 Å². The summed E-state index contributed by atoms with van der Waals surface area (Å²) in [7, 11) is 0.